The van der Waals surface area contributed by atoms with E-state index in [0.29, 0.717) is 5.56 Å². The number of nitrogens with one attached hydrogen (secondary N) is 1. The highest BCUT2D eigenvalue weighted by Crippen LogP contribution is 2.25. The molecule has 0 fully saturated rings. The number of rotatable bonds is 4. The lowest BCUT2D eigenvalue weighted by atomic mass is 9.98. The van der Waals surface area contributed by atoms with Crippen molar-refractivity contribution < 1.29 is 8.78 Å². The van der Waals surface area contributed by atoms with Gasteiger partial charge in [-0.2, -0.15) is 0 Å². The molecule has 0 aliphatic rings. The zero-order valence-electron chi connectivity index (χ0n) is 10.5. The molecular formula is C15H14BrF2N. The molecule has 4 heteroatoms. The molecule has 19 heavy (non-hydrogen) atoms. The first-order valence-electron chi connectivity index (χ1n) is 6.05. The smallest absolute Gasteiger partial charge is 0.159 e. The Morgan fingerprint density at radius 1 is 1.05 bits per heavy atom. The van der Waals surface area contributed by atoms with E-state index in [1.807, 2.05) is 31.2 Å². The van der Waals surface area contributed by atoms with Gasteiger partial charge in [-0.05, 0) is 41.9 Å². The second-order valence-electron chi connectivity index (χ2n) is 4.22. The average molecular weight is 326 g/mol. The number of hydrogen-bond acceptors (Lipinski definition) is 1. The summed E-state index contributed by atoms with van der Waals surface area (Å²) in [5.74, 6) is -1.65. The van der Waals surface area contributed by atoms with Gasteiger partial charge in [0.2, 0.25) is 0 Å². The van der Waals surface area contributed by atoms with Crippen molar-refractivity contribution in [1.82, 2.24) is 5.32 Å². The first kappa shape index (κ1) is 14.2. The van der Waals surface area contributed by atoms with Gasteiger partial charge in [0.15, 0.2) is 11.6 Å². The Hall–Kier alpha value is -1.26. The van der Waals surface area contributed by atoms with Crippen LogP contribution in [0.15, 0.2) is 46.9 Å². The van der Waals surface area contributed by atoms with Crippen LogP contribution in [-0.2, 0) is 0 Å². The lowest BCUT2D eigenvalue weighted by molar-refractivity contribution is 0.504. The maximum Gasteiger partial charge on any atom is 0.159 e. The summed E-state index contributed by atoms with van der Waals surface area (Å²) in [6, 6.07) is 11.6. The topological polar surface area (TPSA) is 12.0 Å². The molecule has 1 nitrogen and oxygen atoms in total. The van der Waals surface area contributed by atoms with E-state index in [4.69, 9.17) is 0 Å². The summed E-state index contributed by atoms with van der Waals surface area (Å²) >= 11 is 3.42. The van der Waals surface area contributed by atoms with Gasteiger partial charge in [0.1, 0.15) is 0 Å². The minimum absolute atomic E-state index is 0.155. The molecule has 0 aliphatic heterocycles. The van der Waals surface area contributed by atoms with Crippen molar-refractivity contribution in [2.75, 3.05) is 6.54 Å². The van der Waals surface area contributed by atoms with Crippen LogP contribution in [0.1, 0.15) is 24.1 Å². The zero-order valence-corrected chi connectivity index (χ0v) is 12.0. The molecule has 1 N–H and O–H groups in total. The first-order chi connectivity index (χ1) is 9.11. The molecule has 0 saturated carbocycles. The second-order valence-corrected chi connectivity index (χ2v) is 5.13. The molecule has 1 unspecified atom stereocenters. The fraction of sp³-hybridized carbons (Fsp3) is 0.200. The van der Waals surface area contributed by atoms with Crippen LogP contribution < -0.4 is 5.32 Å². The van der Waals surface area contributed by atoms with Gasteiger partial charge in [-0.15, -0.1) is 0 Å². The SMILES string of the molecule is CCNC(c1cccc(Br)c1)c1ccc(F)c(F)c1. The van der Waals surface area contributed by atoms with Crippen molar-refractivity contribution in [3.05, 3.63) is 69.7 Å². The minimum Gasteiger partial charge on any atom is -0.307 e. The van der Waals surface area contributed by atoms with E-state index in [-0.39, 0.29) is 6.04 Å². The molecule has 2 rings (SSSR count). The molecule has 0 bridgehead atoms. The van der Waals surface area contributed by atoms with E-state index in [9.17, 15) is 8.78 Å². The Morgan fingerprint density at radius 2 is 1.79 bits per heavy atom. The molecule has 0 radical (unpaired) electrons. The van der Waals surface area contributed by atoms with Crippen LogP contribution in [0.3, 0.4) is 0 Å². The Bertz CT molecular complexity index is 572. The fourth-order valence-electron chi connectivity index (χ4n) is 2.01. The van der Waals surface area contributed by atoms with Gasteiger partial charge in [0.05, 0.1) is 6.04 Å². The van der Waals surface area contributed by atoms with Gasteiger partial charge in [0, 0.05) is 4.47 Å². The highest BCUT2D eigenvalue weighted by atomic mass is 79.9. The Balaban J connectivity index is 2.42. The highest BCUT2D eigenvalue weighted by Gasteiger charge is 2.15. The van der Waals surface area contributed by atoms with Crippen LogP contribution in [0, 0.1) is 11.6 Å². The molecule has 0 spiro atoms. The van der Waals surface area contributed by atoms with Crippen LogP contribution in [-0.4, -0.2) is 6.54 Å². The molecule has 0 aliphatic carbocycles. The quantitative estimate of drug-likeness (QED) is 0.877. The van der Waals surface area contributed by atoms with Crippen molar-refractivity contribution in [3.8, 4) is 0 Å². The average Bonchev–Trinajstić information content (AvgIpc) is 2.39. The molecule has 2 aromatic rings. The second kappa shape index (κ2) is 6.26. The summed E-state index contributed by atoms with van der Waals surface area (Å²) in [6.07, 6.45) is 0. The third-order valence-corrected chi connectivity index (χ3v) is 3.36. The van der Waals surface area contributed by atoms with E-state index in [2.05, 4.69) is 21.2 Å². The number of halogens is 3. The largest absolute Gasteiger partial charge is 0.307 e. The molecule has 0 saturated heterocycles. The molecular weight excluding hydrogens is 312 g/mol. The normalized spacial score (nSPS) is 12.4. The van der Waals surface area contributed by atoms with Gasteiger partial charge >= 0.3 is 0 Å². The number of benzene rings is 2. The van der Waals surface area contributed by atoms with Gasteiger partial charge in [-0.3, -0.25) is 0 Å². The van der Waals surface area contributed by atoms with Gasteiger partial charge in [-0.1, -0.05) is 41.1 Å². The van der Waals surface area contributed by atoms with Gasteiger partial charge < -0.3 is 5.32 Å². The fourth-order valence-corrected chi connectivity index (χ4v) is 2.43. The predicted molar refractivity (Wildman–Crippen MR) is 76.0 cm³/mol. The molecule has 0 aromatic heterocycles. The van der Waals surface area contributed by atoms with Crippen LogP contribution in [0.5, 0.6) is 0 Å². The van der Waals surface area contributed by atoms with Crippen LogP contribution in [0.2, 0.25) is 0 Å². The lowest BCUT2D eigenvalue weighted by Crippen LogP contribution is -2.22. The summed E-state index contributed by atoms with van der Waals surface area (Å²) in [7, 11) is 0. The van der Waals surface area contributed by atoms with E-state index in [0.717, 1.165) is 22.6 Å². The van der Waals surface area contributed by atoms with Crippen molar-refractivity contribution >= 4 is 15.9 Å². The maximum absolute atomic E-state index is 13.4. The first-order valence-corrected chi connectivity index (χ1v) is 6.85. The summed E-state index contributed by atoms with van der Waals surface area (Å²) in [4.78, 5) is 0. The predicted octanol–water partition coefficient (Wildman–Crippen LogP) is 4.43. The third-order valence-electron chi connectivity index (χ3n) is 2.87. The summed E-state index contributed by atoms with van der Waals surface area (Å²) in [5.41, 5.74) is 1.71. The standard InChI is InChI=1S/C15H14BrF2N/c1-2-19-15(10-4-3-5-12(16)8-10)11-6-7-13(17)14(18)9-11/h3-9,15,19H,2H2,1H3. The summed E-state index contributed by atoms with van der Waals surface area (Å²) in [6.45, 7) is 2.71. The molecule has 1 atom stereocenters. The lowest BCUT2D eigenvalue weighted by Gasteiger charge is -2.19. The van der Waals surface area contributed by atoms with Crippen LogP contribution in [0.4, 0.5) is 8.78 Å². The highest BCUT2D eigenvalue weighted by molar-refractivity contribution is 9.10. The Labute approximate surface area is 119 Å². The van der Waals surface area contributed by atoms with Gasteiger partial charge in [-0.25, -0.2) is 8.78 Å². The van der Waals surface area contributed by atoms with E-state index in [1.165, 1.54) is 6.07 Å². The summed E-state index contributed by atoms with van der Waals surface area (Å²) in [5, 5.41) is 3.28. The van der Waals surface area contributed by atoms with E-state index < -0.39 is 11.6 Å². The van der Waals surface area contributed by atoms with Crippen LogP contribution >= 0.6 is 15.9 Å². The zero-order chi connectivity index (χ0) is 13.8. The van der Waals surface area contributed by atoms with Crippen LogP contribution in [0.25, 0.3) is 0 Å². The monoisotopic (exact) mass is 325 g/mol. The summed E-state index contributed by atoms with van der Waals surface area (Å²) < 4.78 is 27.3. The molecule has 0 heterocycles. The third kappa shape index (κ3) is 3.39. The molecule has 100 valence electrons. The van der Waals surface area contributed by atoms with E-state index >= 15 is 0 Å². The molecule has 2 aromatic carbocycles. The van der Waals surface area contributed by atoms with E-state index in [1.54, 1.807) is 6.07 Å². The Kier molecular flexibility index (Phi) is 4.66. The maximum atomic E-state index is 13.4. The number of hydrogen-bond donors (Lipinski definition) is 1. The van der Waals surface area contributed by atoms with Crippen molar-refractivity contribution in [2.45, 2.75) is 13.0 Å². The van der Waals surface area contributed by atoms with Crippen molar-refractivity contribution in [1.29, 1.82) is 0 Å². The minimum atomic E-state index is -0.826. The van der Waals surface area contributed by atoms with Crippen molar-refractivity contribution in [2.24, 2.45) is 0 Å². The molecule has 0 amide bonds. The Morgan fingerprint density at radius 3 is 2.42 bits per heavy atom. The van der Waals surface area contributed by atoms with Crippen molar-refractivity contribution in [3.63, 3.8) is 0 Å². The van der Waals surface area contributed by atoms with Gasteiger partial charge in [0.25, 0.3) is 0 Å².